The first kappa shape index (κ1) is 22.0. The van der Waals surface area contributed by atoms with Crippen LogP contribution >= 0.6 is 0 Å². The second-order valence-corrected chi connectivity index (χ2v) is 9.59. The molecule has 0 radical (unpaired) electrons. The summed E-state index contributed by atoms with van der Waals surface area (Å²) in [4.78, 5) is 15.2. The molecule has 168 valence electrons. The molecule has 0 bridgehead atoms. The van der Waals surface area contributed by atoms with Gasteiger partial charge in [-0.25, -0.2) is 8.42 Å². The van der Waals surface area contributed by atoms with Gasteiger partial charge >= 0.3 is 0 Å². The third-order valence-electron chi connectivity index (χ3n) is 5.62. The van der Waals surface area contributed by atoms with Crippen LogP contribution in [0.25, 0.3) is 0 Å². The van der Waals surface area contributed by atoms with E-state index >= 15 is 0 Å². The molecular formula is C24H25NO6S. The van der Waals surface area contributed by atoms with Gasteiger partial charge in [-0.2, -0.15) is 0 Å². The number of furan rings is 1. The Kier molecular flexibility index (Phi) is 6.23. The van der Waals surface area contributed by atoms with Crippen LogP contribution in [-0.2, 0) is 15.6 Å². The first-order valence-electron chi connectivity index (χ1n) is 10.3. The summed E-state index contributed by atoms with van der Waals surface area (Å²) in [5.41, 5.74) is 0.901. The largest absolute Gasteiger partial charge is 0.497 e. The van der Waals surface area contributed by atoms with Crippen LogP contribution in [0.2, 0.25) is 0 Å². The van der Waals surface area contributed by atoms with Gasteiger partial charge < -0.3 is 18.8 Å². The summed E-state index contributed by atoms with van der Waals surface area (Å²) in [6, 6.07) is 16.7. The molecule has 8 heteroatoms. The molecule has 3 aromatic rings. The lowest BCUT2D eigenvalue weighted by atomic mass is 10.0. The summed E-state index contributed by atoms with van der Waals surface area (Å²) in [6.45, 7) is 0.580. The van der Waals surface area contributed by atoms with Crippen molar-refractivity contribution in [2.45, 2.75) is 29.5 Å². The lowest BCUT2D eigenvalue weighted by molar-refractivity contribution is 0.0700. The maximum Gasteiger partial charge on any atom is 0.290 e. The number of amides is 1. The second kappa shape index (κ2) is 9.08. The Morgan fingerprint density at radius 3 is 2.56 bits per heavy atom. The fraction of sp³-hybridized carbons (Fsp3) is 0.292. The third kappa shape index (κ3) is 4.36. The fourth-order valence-corrected chi connectivity index (χ4v) is 5.31. The van der Waals surface area contributed by atoms with E-state index in [1.165, 1.54) is 0 Å². The van der Waals surface area contributed by atoms with Crippen LogP contribution in [0.15, 0.2) is 70.0 Å². The summed E-state index contributed by atoms with van der Waals surface area (Å²) < 4.78 is 41.7. The van der Waals surface area contributed by atoms with E-state index in [1.807, 2.05) is 12.1 Å². The van der Waals surface area contributed by atoms with Crippen LogP contribution < -0.4 is 9.47 Å². The lowest BCUT2D eigenvalue weighted by Crippen LogP contribution is -2.30. The zero-order valence-corrected chi connectivity index (χ0v) is 18.8. The molecule has 1 aliphatic heterocycles. The highest BCUT2D eigenvalue weighted by Crippen LogP contribution is 2.39. The van der Waals surface area contributed by atoms with Gasteiger partial charge in [0.25, 0.3) is 5.91 Å². The number of carbonyl (C=O) groups excluding carboxylic acids is 1. The van der Waals surface area contributed by atoms with Gasteiger partial charge in [-0.15, -0.1) is 0 Å². The summed E-state index contributed by atoms with van der Waals surface area (Å²) in [5, 5.41) is 0. The van der Waals surface area contributed by atoms with Crippen molar-refractivity contribution in [1.29, 1.82) is 0 Å². The predicted octanol–water partition coefficient (Wildman–Crippen LogP) is 4.25. The summed E-state index contributed by atoms with van der Waals surface area (Å²) in [7, 11) is -0.383. The normalized spacial score (nSPS) is 16.2. The summed E-state index contributed by atoms with van der Waals surface area (Å²) in [5.74, 6) is 1.12. The number of nitrogens with zero attached hydrogens (tertiary/aromatic N) is 1. The van der Waals surface area contributed by atoms with Gasteiger partial charge in [0.05, 0.1) is 25.2 Å². The van der Waals surface area contributed by atoms with Crippen LogP contribution in [0, 0.1) is 0 Å². The topological polar surface area (TPSA) is 86.0 Å². The zero-order valence-electron chi connectivity index (χ0n) is 18.0. The van der Waals surface area contributed by atoms with Gasteiger partial charge in [-0.3, -0.25) is 4.79 Å². The van der Waals surface area contributed by atoms with E-state index in [9.17, 15) is 13.2 Å². The first-order chi connectivity index (χ1) is 15.4. The molecule has 0 N–H and O–H groups in total. The smallest absolute Gasteiger partial charge is 0.290 e. The molecular weight excluding hydrogens is 430 g/mol. The average molecular weight is 456 g/mol. The van der Waals surface area contributed by atoms with E-state index in [1.54, 1.807) is 67.7 Å². The van der Waals surface area contributed by atoms with Gasteiger partial charge in [0, 0.05) is 18.2 Å². The molecule has 0 aliphatic carbocycles. The predicted molar refractivity (Wildman–Crippen MR) is 119 cm³/mol. The van der Waals surface area contributed by atoms with Crippen molar-refractivity contribution >= 4 is 15.7 Å². The Balaban J connectivity index is 1.54. The molecule has 1 saturated heterocycles. The van der Waals surface area contributed by atoms with Crippen molar-refractivity contribution in [2.24, 2.45) is 0 Å². The van der Waals surface area contributed by atoms with Crippen molar-refractivity contribution in [3.8, 4) is 11.5 Å². The molecule has 2 heterocycles. The maximum absolute atomic E-state index is 13.2. The van der Waals surface area contributed by atoms with Crippen LogP contribution in [0.3, 0.4) is 0 Å². The van der Waals surface area contributed by atoms with E-state index in [0.717, 1.165) is 18.4 Å². The van der Waals surface area contributed by atoms with Crippen LogP contribution in [0.4, 0.5) is 0 Å². The summed E-state index contributed by atoms with van der Waals surface area (Å²) >= 11 is 0. The number of carbonyl (C=O) groups is 1. The van der Waals surface area contributed by atoms with Gasteiger partial charge in [0.2, 0.25) is 0 Å². The highest BCUT2D eigenvalue weighted by atomic mass is 32.2. The van der Waals surface area contributed by atoms with E-state index in [4.69, 9.17) is 13.9 Å². The minimum absolute atomic E-state index is 0.127. The molecule has 1 unspecified atom stereocenters. The molecule has 4 rings (SSSR count). The number of rotatable bonds is 7. The third-order valence-corrected chi connectivity index (χ3v) is 7.28. The van der Waals surface area contributed by atoms with Crippen molar-refractivity contribution < 1.29 is 27.1 Å². The second-order valence-electron chi connectivity index (χ2n) is 7.60. The van der Waals surface area contributed by atoms with Gasteiger partial charge in [0.1, 0.15) is 23.0 Å². The molecule has 32 heavy (non-hydrogen) atoms. The molecule has 1 atom stereocenters. The molecule has 2 aromatic carbocycles. The molecule has 7 nitrogen and oxygen atoms in total. The number of hydrogen-bond acceptors (Lipinski definition) is 6. The SMILES string of the molecule is COc1ccc(C2CCCN2C(=O)c2ccc(CS(=O)(=O)c3ccccc3)o2)c(OC)c1. The van der Waals surface area contributed by atoms with Crippen molar-refractivity contribution in [2.75, 3.05) is 20.8 Å². The van der Waals surface area contributed by atoms with Gasteiger partial charge in [0.15, 0.2) is 15.6 Å². The highest BCUT2D eigenvalue weighted by Gasteiger charge is 2.34. The number of likely N-dealkylation sites (tertiary alicyclic amines) is 1. The maximum atomic E-state index is 13.2. The Morgan fingerprint density at radius 1 is 1.06 bits per heavy atom. The highest BCUT2D eigenvalue weighted by molar-refractivity contribution is 7.90. The van der Waals surface area contributed by atoms with Gasteiger partial charge in [-0.1, -0.05) is 18.2 Å². The standard InChI is InChI=1S/C24H25NO6S/c1-29-17-10-12-20(23(15-17)30-2)21-9-6-14-25(21)24(26)22-13-11-18(31-22)16-32(27,28)19-7-4-3-5-8-19/h3-5,7-8,10-13,15,21H,6,9,14,16H2,1-2H3. The minimum Gasteiger partial charge on any atom is -0.497 e. The summed E-state index contributed by atoms with van der Waals surface area (Å²) in [6.07, 6.45) is 1.64. The van der Waals surface area contributed by atoms with Crippen molar-refractivity contribution in [3.63, 3.8) is 0 Å². The Bertz CT molecular complexity index is 1200. The molecule has 0 saturated carbocycles. The van der Waals surface area contributed by atoms with E-state index in [2.05, 4.69) is 0 Å². The molecule has 0 spiro atoms. The fourth-order valence-electron chi connectivity index (χ4n) is 4.04. The number of hydrogen-bond donors (Lipinski definition) is 0. The van der Waals surface area contributed by atoms with Crippen molar-refractivity contribution in [1.82, 2.24) is 4.90 Å². The number of methoxy groups -OCH3 is 2. The molecule has 1 fully saturated rings. The Hall–Kier alpha value is -3.26. The number of ether oxygens (including phenoxy) is 2. The Labute approximate surface area is 187 Å². The van der Waals surface area contributed by atoms with Gasteiger partial charge in [-0.05, 0) is 49.2 Å². The minimum atomic E-state index is -3.56. The van der Waals surface area contributed by atoms with Crippen LogP contribution in [0.5, 0.6) is 11.5 Å². The van der Waals surface area contributed by atoms with E-state index < -0.39 is 9.84 Å². The lowest BCUT2D eigenvalue weighted by Gasteiger charge is -2.25. The monoisotopic (exact) mass is 455 g/mol. The van der Waals surface area contributed by atoms with Crippen LogP contribution in [-0.4, -0.2) is 40.0 Å². The average Bonchev–Trinajstić information content (AvgIpc) is 3.48. The van der Waals surface area contributed by atoms with Crippen LogP contribution in [0.1, 0.15) is 40.8 Å². The van der Waals surface area contributed by atoms with Crippen molar-refractivity contribution in [3.05, 3.63) is 77.7 Å². The first-order valence-corrected chi connectivity index (χ1v) is 12.0. The number of sulfone groups is 1. The molecule has 1 amide bonds. The van der Waals surface area contributed by atoms with E-state index in [-0.39, 0.29) is 34.1 Å². The number of benzene rings is 2. The van der Waals surface area contributed by atoms with E-state index in [0.29, 0.717) is 18.0 Å². The Morgan fingerprint density at radius 2 is 1.84 bits per heavy atom. The quantitative estimate of drug-likeness (QED) is 0.530. The zero-order chi connectivity index (χ0) is 22.7. The molecule has 1 aromatic heterocycles. The molecule has 1 aliphatic rings.